The van der Waals surface area contributed by atoms with E-state index in [0.717, 1.165) is 0 Å². The predicted molar refractivity (Wildman–Crippen MR) is 69.1 cm³/mol. The predicted octanol–water partition coefficient (Wildman–Crippen LogP) is 1.15. The normalized spacial score (nSPS) is 13.3. The Bertz CT molecular complexity index is 737. The first kappa shape index (κ1) is 12.9. The van der Waals surface area contributed by atoms with Crippen LogP contribution in [0.4, 0.5) is 0 Å². The third-order valence-electron chi connectivity index (χ3n) is 2.94. The Labute approximate surface area is 119 Å². The van der Waals surface area contributed by atoms with Crippen molar-refractivity contribution >= 4 is 17.8 Å². The molecule has 0 radical (unpaired) electrons. The van der Waals surface area contributed by atoms with Crippen LogP contribution in [0.15, 0.2) is 36.5 Å². The average molecular weight is 283 g/mol. The number of fused-ring (bicyclic) bond motifs is 1. The number of amides is 2. The van der Waals surface area contributed by atoms with Crippen molar-refractivity contribution in [2.24, 2.45) is 0 Å². The topological polar surface area (TPSA) is 89.5 Å². The molecule has 0 fully saturated rings. The van der Waals surface area contributed by atoms with Gasteiger partial charge in [0.1, 0.15) is 0 Å². The minimum atomic E-state index is -0.845. The van der Waals surface area contributed by atoms with Gasteiger partial charge in [-0.2, -0.15) is 10.2 Å². The lowest BCUT2D eigenvalue weighted by Crippen LogP contribution is -2.32. The average Bonchev–Trinajstić information content (AvgIpc) is 2.73. The molecule has 1 aromatic heterocycles. The standard InChI is InChI=1S/C14H9N3O4/c1-8-6-9(7-15-16-8)14(20)21-17-12(18)10-4-2-3-5-11(10)13(17)19/h2-7H,1H3. The number of carbonyl (C=O) groups is 3. The molecule has 0 saturated heterocycles. The third kappa shape index (κ3) is 2.14. The zero-order valence-corrected chi connectivity index (χ0v) is 10.9. The Morgan fingerprint density at radius 1 is 1.14 bits per heavy atom. The SMILES string of the molecule is Cc1cc(C(=O)ON2C(=O)c3ccccc3C2=O)cnn1. The lowest BCUT2D eigenvalue weighted by molar-refractivity contribution is -0.0585. The van der Waals surface area contributed by atoms with E-state index in [9.17, 15) is 14.4 Å². The van der Waals surface area contributed by atoms with E-state index in [-0.39, 0.29) is 16.7 Å². The first-order valence-electron chi connectivity index (χ1n) is 6.07. The van der Waals surface area contributed by atoms with Crippen LogP contribution in [0.25, 0.3) is 0 Å². The molecular weight excluding hydrogens is 274 g/mol. The summed E-state index contributed by atoms with van der Waals surface area (Å²) in [5.41, 5.74) is 1.05. The molecule has 0 unspecified atom stereocenters. The molecule has 7 heteroatoms. The van der Waals surface area contributed by atoms with Crippen molar-refractivity contribution in [2.45, 2.75) is 6.92 Å². The molecule has 2 amide bonds. The summed E-state index contributed by atoms with van der Waals surface area (Å²) < 4.78 is 0. The van der Waals surface area contributed by atoms with Crippen LogP contribution in [0.1, 0.15) is 36.8 Å². The number of aryl methyl sites for hydroxylation is 1. The molecule has 2 aromatic rings. The maximum Gasteiger partial charge on any atom is 0.365 e. The van der Waals surface area contributed by atoms with Crippen LogP contribution in [0, 0.1) is 6.92 Å². The summed E-state index contributed by atoms with van der Waals surface area (Å²) in [5.74, 6) is -2.17. The van der Waals surface area contributed by atoms with Gasteiger partial charge in [0.25, 0.3) is 11.8 Å². The minimum absolute atomic E-state index is 0.110. The van der Waals surface area contributed by atoms with E-state index in [1.54, 1.807) is 19.1 Å². The fourth-order valence-corrected chi connectivity index (χ4v) is 1.97. The maximum atomic E-state index is 12.0. The van der Waals surface area contributed by atoms with Crippen molar-refractivity contribution in [1.29, 1.82) is 0 Å². The maximum absolute atomic E-state index is 12.0. The van der Waals surface area contributed by atoms with E-state index >= 15 is 0 Å². The molecule has 21 heavy (non-hydrogen) atoms. The largest absolute Gasteiger partial charge is 0.365 e. The second-order valence-corrected chi connectivity index (χ2v) is 4.41. The highest BCUT2D eigenvalue weighted by Gasteiger charge is 2.38. The molecule has 0 spiro atoms. The van der Waals surface area contributed by atoms with Gasteiger partial charge in [-0.15, -0.1) is 0 Å². The van der Waals surface area contributed by atoms with Crippen molar-refractivity contribution in [1.82, 2.24) is 15.3 Å². The molecule has 0 bridgehead atoms. The van der Waals surface area contributed by atoms with Crippen LogP contribution < -0.4 is 0 Å². The Balaban J connectivity index is 1.85. The second-order valence-electron chi connectivity index (χ2n) is 4.41. The first-order chi connectivity index (χ1) is 10.1. The van der Waals surface area contributed by atoms with Gasteiger partial charge in [0.15, 0.2) is 0 Å². The smallest absolute Gasteiger partial charge is 0.324 e. The Kier molecular flexibility index (Phi) is 2.94. The molecule has 1 aliphatic heterocycles. The monoisotopic (exact) mass is 283 g/mol. The molecule has 2 heterocycles. The highest BCUT2D eigenvalue weighted by molar-refractivity contribution is 6.21. The van der Waals surface area contributed by atoms with Crippen molar-refractivity contribution < 1.29 is 19.2 Å². The number of aromatic nitrogens is 2. The van der Waals surface area contributed by atoms with E-state index < -0.39 is 17.8 Å². The van der Waals surface area contributed by atoms with Crippen molar-refractivity contribution in [3.8, 4) is 0 Å². The number of imide groups is 1. The number of carbonyl (C=O) groups excluding carboxylic acids is 3. The van der Waals surface area contributed by atoms with Gasteiger partial charge < -0.3 is 4.84 Å². The molecule has 0 N–H and O–H groups in total. The van der Waals surface area contributed by atoms with Gasteiger partial charge in [-0.3, -0.25) is 9.59 Å². The fourth-order valence-electron chi connectivity index (χ4n) is 1.97. The summed E-state index contributed by atoms with van der Waals surface area (Å²) in [4.78, 5) is 40.9. The number of hydrogen-bond donors (Lipinski definition) is 0. The molecule has 0 aliphatic carbocycles. The Hall–Kier alpha value is -3.09. The third-order valence-corrected chi connectivity index (χ3v) is 2.94. The number of hydroxylamine groups is 2. The summed E-state index contributed by atoms with van der Waals surface area (Å²) in [7, 11) is 0. The van der Waals surface area contributed by atoms with Gasteiger partial charge in [-0.1, -0.05) is 17.2 Å². The van der Waals surface area contributed by atoms with Crippen molar-refractivity contribution in [2.75, 3.05) is 0 Å². The van der Waals surface area contributed by atoms with E-state index in [0.29, 0.717) is 10.8 Å². The number of rotatable bonds is 2. The van der Waals surface area contributed by atoms with Crippen molar-refractivity contribution in [3.63, 3.8) is 0 Å². The molecular formula is C14H9N3O4. The van der Waals surface area contributed by atoms with Gasteiger partial charge >= 0.3 is 5.97 Å². The van der Waals surface area contributed by atoms with Gasteiger partial charge in [0, 0.05) is 0 Å². The Morgan fingerprint density at radius 2 is 1.76 bits per heavy atom. The van der Waals surface area contributed by atoms with Gasteiger partial charge in [0.05, 0.1) is 28.6 Å². The van der Waals surface area contributed by atoms with Crippen LogP contribution in [0.3, 0.4) is 0 Å². The van der Waals surface area contributed by atoms with Crippen LogP contribution >= 0.6 is 0 Å². The highest BCUT2D eigenvalue weighted by atomic mass is 16.7. The summed E-state index contributed by atoms with van der Waals surface area (Å²) >= 11 is 0. The quantitative estimate of drug-likeness (QED) is 0.768. The van der Waals surface area contributed by atoms with E-state index in [2.05, 4.69) is 10.2 Å². The van der Waals surface area contributed by atoms with Gasteiger partial charge in [-0.05, 0) is 25.1 Å². The molecule has 0 atom stereocenters. The molecule has 3 rings (SSSR count). The van der Waals surface area contributed by atoms with Crippen LogP contribution in [0.5, 0.6) is 0 Å². The molecule has 1 aliphatic rings. The second kappa shape index (κ2) is 4.78. The zero-order chi connectivity index (χ0) is 15.0. The molecule has 7 nitrogen and oxygen atoms in total. The molecule has 1 aromatic carbocycles. The van der Waals surface area contributed by atoms with E-state index in [1.165, 1.54) is 24.4 Å². The minimum Gasteiger partial charge on any atom is -0.324 e. The summed E-state index contributed by atoms with van der Waals surface area (Å²) in [6, 6.07) is 7.72. The summed E-state index contributed by atoms with van der Waals surface area (Å²) in [6.45, 7) is 1.66. The van der Waals surface area contributed by atoms with Crippen LogP contribution in [-0.4, -0.2) is 33.0 Å². The summed E-state index contributed by atoms with van der Waals surface area (Å²) in [5, 5.41) is 7.79. The zero-order valence-electron chi connectivity index (χ0n) is 10.9. The van der Waals surface area contributed by atoms with Crippen molar-refractivity contribution in [3.05, 3.63) is 58.9 Å². The lowest BCUT2D eigenvalue weighted by atomic mass is 10.1. The molecule has 0 saturated carbocycles. The molecule has 104 valence electrons. The first-order valence-corrected chi connectivity index (χ1v) is 6.07. The van der Waals surface area contributed by atoms with E-state index in [1.807, 2.05) is 0 Å². The highest BCUT2D eigenvalue weighted by Crippen LogP contribution is 2.23. The number of nitrogens with zero attached hydrogens (tertiary/aromatic N) is 3. The Morgan fingerprint density at radius 3 is 2.33 bits per heavy atom. The van der Waals surface area contributed by atoms with Gasteiger partial charge in [0.2, 0.25) is 0 Å². The summed E-state index contributed by atoms with van der Waals surface area (Å²) in [6.07, 6.45) is 1.20. The van der Waals surface area contributed by atoms with E-state index in [4.69, 9.17) is 4.84 Å². The number of benzene rings is 1. The van der Waals surface area contributed by atoms with Crippen LogP contribution in [0.2, 0.25) is 0 Å². The fraction of sp³-hybridized carbons (Fsp3) is 0.0714. The van der Waals surface area contributed by atoms with Crippen LogP contribution in [-0.2, 0) is 4.84 Å². The lowest BCUT2D eigenvalue weighted by Gasteiger charge is -2.12. The van der Waals surface area contributed by atoms with Gasteiger partial charge in [-0.25, -0.2) is 4.79 Å². The number of hydrogen-bond acceptors (Lipinski definition) is 6.